The van der Waals surface area contributed by atoms with Gasteiger partial charge in [0.2, 0.25) is 5.91 Å². The number of aryl methyl sites for hydroxylation is 2. The number of anilines is 1. The van der Waals surface area contributed by atoms with E-state index < -0.39 is 5.91 Å². The third kappa shape index (κ3) is 4.09. The summed E-state index contributed by atoms with van der Waals surface area (Å²) >= 11 is 0. The summed E-state index contributed by atoms with van der Waals surface area (Å²) in [5.41, 5.74) is 9.08. The number of benzene rings is 1. The number of carbonyl (C=O) groups excluding carboxylic acids is 1. The summed E-state index contributed by atoms with van der Waals surface area (Å²) in [5, 5.41) is 1.18. The third-order valence-corrected chi connectivity index (χ3v) is 5.75. The Kier molecular flexibility index (Phi) is 5.59. The van der Waals surface area contributed by atoms with Crippen molar-refractivity contribution >= 4 is 22.6 Å². The lowest BCUT2D eigenvalue weighted by atomic mass is 10.1. The molecular weight excluding hydrogens is 380 g/mol. The Morgan fingerprint density at radius 3 is 2.77 bits per heavy atom. The van der Waals surface area contributed by atoms with E-state index in [-0.39, 0.29) is 12.1 Å². The van der Waals surface area contributed by atoms with Crippen molar-refractivity contribution in [2.75, 3.05) is 24.7 Å². The van der Waals surface area contributed by atoms with Crippen LogP contribution in [0.3, 0.4) is 0 Å². The lowest BCUT2D eigenvalue weighted by Gasteiger charge is -2.29. The van der Waals surface area contributed by atoms with E-state index in [0.717, 1.165) is 37.0 Å². The molecule has 0 aliphatic carbocycles. The third-order valence-electron chi connectivity index (χ3n) is 5.75. The SMILES string of the molecule is Cc1c[nH]c2ccc(CN(CN3CCCC3)c3ncc(C)n(CC(N)=O)c3=O)cc12. The molecule has 0 spiro atoms. The molecule has 0 radical (unpaired) electrons. The number of primary amides is 1. The number of nitrogens with two attached hydrogens (primary N) is 1. The summed E-state index contributed by atoms with van der Waals surface area (Å²) in [6.45, 7) is 6.88. The minimum atomic E-state index is -0.545. The van der Waals surface area contributed by atoms with Crippen molar-refractivity contribution in [2.45, 2.75) is 39.8 Å². The number of aromatic nitrogens is 3. The molecule has 0 atom stereocenters. The zero-order valence-electron chi connectivity index (χ0n) is 17.5. The Morgan fingerprint density at radius 1 is 1.27 bits per heavy atom. The molecule has 3 N–H and O–H groups in total. The highest BCUT2D eigenvalue weighted by Crippen LogP contribution is 2.21. The lowest BCUT2D eigenvalue weighted by Crippen LogP contribution is -2.41. The number of carbonyl (C=O) groups is 1. The molecule has 1 aliphatic rings. The van der Waals surface area contributed by atoms with Crippen molar-refractivity contribution in [1.82, 2.24) is 19.4 Å². The molecule has 0 saturated carbocycles. The number of fused-ring (bicyclic) bond motifs is 1. The zero-order chi connectivity index (χ0) is 21.3. The summed E-state index contributed by atoms with van der Waals surface area (Å²) in [4.78, 5) is 36.7. The van der Waals surface area contributed by atoms with Gasteiger partial charge in [-0.05, 0) is 63.0 Å². The molecule has 1 aliphatic heterocycles. The van der Waals surface area contributed by atoms with Crippen LogP contribution in [0.4, 0.5) is 5.82 Å². The number of nitrogens with zero attached hydrogens (tertiary/aromatic N) is 4. The van der Waals surface area contributed by atoms with Gasteiger partial charge in [-0.2, -0.15) is 0 Å². The van der Waals surface area contributed by atoms with E-state index in [2.05, 4.69) is 40.0 Å². The van der Waals surface area contributed by atoms with E-state index >= 15 is 0 Å². The summed E-state index contributed by atoms with van der Waals surface area (Å²) < 4.78 is 1.40. The van der Waals surface area contributed by atoms with Gasteiger partial charge in [0.05, 0.1) is 6.67 Å². The van der Waals surface area contributed by atoms with E-state index in [9.17, 15) is 9.59 Å². The number of likely N-dealkylation sites (tertiary alicyclic amines) is 1. The van der Waals surface area contributed by atoms with Gasteiger partial charge in [0.25, 0.3) is 5.56 Å². The number of hydrogen-bond acceptors (Lipinski definition) is 5. The van der Waals surface area contributed by atoms with Gasteiger partial charge in [-0.15, -0.1) is 0 Å². The van der Waals surface area contributed by atoms with Crippen molar-refractivity contribution < 1.29 is 4.79 Å². The molecule has 1 amide bonds. The Morgan fingerprint density at radius 2 is 2.03 bits per heavy atom. The van der Waals surface area contributed by atoms with Crippen LogP contribution < -0.4 is 16.2 Å². The molecule has 4 rings (SSSR count). The van der Waals surface area contributed by atoms with Crippen LogP contribution in [0.2, 0.25) is 0 Å². The number of H-pyrrole nitrogens is 1. The summed E-state index contributed by atoms with van der Waals surface area (Å²) in [5.74, 6) is -0.198. The van der Waals surface area contributed by atoms with Gasteiger partial charge in [-0.25, -0.2) is 4.98 Å². The fourth-order valence-electron chi connectivity index (χ4n) is 4.11. The largest absolute Gasteiger partial charge is 0.368 e. The first-order valence-electron chi connectivity index (χ1n) is 10.3. The number of nitrogens with one attached hydrogen (secondary N) is 1. The van der Waals surface area contributed by atoms with E-state index in [4.69, 9.17) is 5.73 Å². The van der Waals surface area contributed by atoms with Gasteiger partial charge in [-0.1, -0.05) is 6.07 Å². The molecular formula is C22H28N6O2. The predicted molar refractivity (Wildman–Crippen MR) is 117 cm³/mol. The summed E-state index contributed by atoms with van der Waals surface area (Å²) in [6, 6.07) is 6.30. The number of aromatic amines is 1. The molecule has 3 heterocycles. The number of amides is 1. The number of hydrogen-bond donors (Lipinski definition) is 2. The van der Waals surface area contributed by atoms with Crippen LogP contribution in [0.15, 0.2) is 35.4 Å². The number of rotatable bonds is 7. The van der Waals surface area contributed by atoms with E-state index in [0.29, 0.717) is 24.7 Å². The van der Waals surface area contributed by atoms with Crippen LogP contribution in [0.25, 0.3) is 10.9 Å². The predicted octanol–water partition coefficient (Wildman–Crippen LogP) is 1.89. The van der Waals surface area contributed by atoms with E-state index in [1.807, 2.05) is 11.1 Å². The molecule has 3 aromatic rings. The van der Waals surface area contributed by atoms with Crippen LogP contribution in [0.1, 0.15) is 29.7 Å². The van der Waals surface area contributed by atoms with E-state index in [1.54, 1.807) is 13.1 Å². The molecule has 2 aromatic heterocycles. The zero-order valence-corrected chi connectivity index (χ0v) is 17.5. The first kappa shape index (κ1) is 20.2. The van der Waals surface area contributed by atoms with Gasteiger partial charge in [-0.3, -0.25) is 19.1 Å². The lowest BCUT2D eigenvalue weighted by molar-refractivity contribution is -0.118. The monoisotopic (exact) mass is 408 g/mol. The maximum Gasteiger partial charge on any atom is 0.294 e. The highest BCUT2D eigenvalue weighted by molar-refractivity contribution is 5.83. The molecule has 8 nitrogen and oxygen atoms in total. The molecule has 1 fully saturated rings. The quantitative estimate of drug-likeness (QED) is 0.622. The second-order valence-corrected chi connectivity index (χ2v) is 8.10. The maximum absolute atomic E-state index is 13.2. The Bertz CT molecular complexity index is 1130. The molecule has 8 heteroatoms. The van der Waals surface area contributed by atoms with Crippen LogP contribution in [-0.2, 0) is 17.9 Å². The van der Waals surface area contributed by atoms with Gasteiger partial charge in [0, 0.05) is 35.5 Å². The van der Waals surface area contributed by atoms with Gasteiger partial charge in [0.15, 0.2) is 5.82 Å². The molecule has 158 valence electrons. The fourth-order valence-corrected chi connectivity index (χ4v) is 4.11. The Labute approximate surface area is 175 Å². The van der Waals surface area contributed by atoms with Gasteiger partial charge >= 0.3 is 0 Å². The van der Waals surface area contributed by atoms with Crippen molar-refractivity contribution in [3.63, 3.8) is 0 Å². The second kappa shape index (κ2) is 8.31. The molecule has 1 saturated heterocycles. The average molecular weight is 409 g/mol. The Hall–Kier alpha value is -3.13. The van der Waals surface area contributed by atoms with Crippen LogP contribution in [0, 0.1) is 13.8 Å². The molecule has 0 bridgehead atoms. The van der Waals surface area contributed by atoms with Gasteiger partial charge < -0.3 is 15.6 Å². The van der Waals surface area contributed by atoms with Gasteiger partial charge in [0.1, 0.15) is 6.54 Å². The highest BCUT2D eigenvalue weighted by Gasteiger charge is 2.21. The van der Waals surface area contributed by atoms with Crippen LogP contribution >= 0.6 is 0 Å². The normalized spacial score (nSPS) is 14.5. The summed E-state index contributed by atoms with van der Waals surface area (Å²) in [7, 11) is 0. The molecule has 0 unspecified atom stereocenters. The minimum Gasteiger partial charge on any atom is -0.368 e. The van der Waals surface area contributed by atoms with Crippen molar-refractivity contribution in [2.24, 2.45) is 5.73 Å². The fraction of sp³-hybridized carbons (Fsp3) is 0.409. The molecule has 30 heavy (non-hydrogen) atoms. The maximum atomic E-state index is 13.2. The highest BCUT2D eigenvalue weighted by atomic mass is 16.2. The van der Waals surface area contributed by atoms with E-state index in [1.165, 1.54) is 15.5 Å². The Balaban J connectivity index is 1.71. The smallest absolute Gasteiger partial charge is 0.294 e. The topological polar surface area (TPSA) is 100 Å². The van der Waals surface area contributed by atoms with Crippen molar-refractivity contribution in [3.8, 4) is 0 Å². The van der Waals surface area contributed by atoms with Crippen LogP contribution in [0.5, 0.6) is 0 Å². The van der Waals surface area contributed by atoms with Crippen molar-refractivity contribution in [1.29, 1.82) is 0 Å². The average Bonchev–Trinajstić information content (AvgIpc) is 3.35. The standard InChI is InChI=1S/C22H28N6O2/c1-15-10-24-19-6-5-17(9-18(15)19)12-27(14-26-7-3-4-8-26)21-22(30)28(13-20(23)29)16(2)11-25-21/h5-6,9-11,24H,3-4,7-8,12-14H2,1-2H3,(H2,23,29). The summed E-state index contributed by atoms with van der Waals surface area (Å²) in [6.07, 6.45) is 5.96. The van der Waals surface area contributed by atoms with Crippen molar-refractivity contribution in [3.05, 3.63) is 57.8 Å². The molecule has 1 aromatic carbocycles. The van der Waals surface area contributed by atoms with Crippen LogP contribution in [-0.4, -0.2) is 45.1 Å². The first-order valence-corrected chi connectivity index (χ1v) is 10.3. The second-order valence-electron chi connectivity index (χ2n) is 8.10. The first-order chi connectivity index (χ1) is 14.4. The minimum absolute atomic E-state index is 0.147.